The molecule has 106 valence electrons. The van der Waals surface area contributed by atoms with E-state index in [1.165, 1.54) is 5.56 Å². The van der Waals surface area contributed by atoms with Gasteiger partial charge in [0.05, 0.1) is 12.2 Å². The molecular formula is C16H26N2O. The van der Waals surface area contributed by atoms with E-state index in [1.807, 2.05) is 18.5 Å². The van der Waals surface area contributed by atoms with Crippen molar-refractivity contribution < 1.29 is 4.74 Å². The molecule has 1 fully saturated rings. The zero-order chi connectivity index (χ0) is 13.8. The summed E-state index contributed by atoms with van der Waals surface area (Å²) < 4.78 is 6.01. The molecule has 1 saturated heterocycles. The first-order valence-electron chi connectivity index (χ1n) is 7.44. The molecule has 1 aliphatic heterocycles. The van der Waals surface area contributed by atoms with Crippen LogP contribution in [0.1, 0.15) is 45.7 Å². The summed E-state index contributed by atoms with van der Waals surface area (Å²) in [6, 6.07) is 4.52. The van der Waals surface area contributed by atoms with Gasteiger partial charge >= 0.3 is 0 Å². The van der Waals surface area contributed by atoms with E-state index in [0.29, 0.717) is 30.1 Å². The molecule has 1 aromatic heterocycles. The molecule has 19 heavy (non-hydrogen) atoms. The molecule has 2 rings (SSSR count). The SMILES string of the molecule is CCCNC(c1cccnc1)C1C(C)OC(C)C1C. The Bertz CT molecular complexity index is 382. The number of hydrogen-bond donors (Lipinski definition) is 1. The molecule has 0 spiro atoms. The van der Waals surface area contributed by atoms with Crippen molar-refractivity contribution in [1.29, 1.82) is 0 Å². The second-order valence-electron chi connectivity index (χ2n) is 5.70. The Morgan fingerprint density at radius 2 is 2.11 bits per heavy atom. The van der Waals surface area contributed by atoms with E-state index >= 15 is 0 Å². The lowest BCUT2D eigenvalue weighted by atomic mass is 9.81. The van der Waals surface area contributed by atoms with Gasteiger partial charge in [0.1, 0.15) is 0 Å². The molecule has 1 aromatic rings. The van der Waals surface area contributed by atoms with Gasteiger partial charge in [-0.2, -0.15) is 0 Å². The van der Waals surface area contributed by atoms with Crippen molar-refractivity contribution in [2.24, 2.45) is 11.8 Å². The number of rotatable bonds is 5. The highest BCUT2D eigenvalue weighted by molar-refractivity contribution is 5.16. The molecule has 0 saturated carbocycles. The van der Waals surface area contributed by atoms with E-state index in [9.17, 15) is 0 Å². The van der Waals surface area contributed by atoms with Gasteiger partial charge < -0.3 is 10.1 Å². The van der Waals surface area contributed by atoms with Gasteiger partial charge in [-0.25, -0.2) is 0 Å². The predicted octanol–water partition coefficient (Wildman–Crippen LogP) is 3.18. The van der Waals surface area contributed by atoms with Crippen molar-refractivity contribution >= 4 is 0 Å². The molecule has 3 nitrogen and oxygen atoms in total. The van der Waals surface area contributed by atoms with E-state index in [0.717, 1.165) is 13.0 Å². The molecule has 0 amide bonds. The average molecular weight is 262 g/mol. The lowest BCUT2D eigenvalue weighted by Gasteiger charge is -2.30. The Labute approximate surface area is 116 Å². The van der Waals surface area contributed by atoms with E-state index < -0.39 is 0 Å². The monoisotopic (exact) mass is 262 g/mol. The fourth-order valence-corrected chi connectivity index (χ4v) is 3.20. The molecule has 0 bridgehead atoms. The summed E-state index contributed by atoms with van der Waals surface area (Å²) in [4.78, 5) is 4.27. The Hall–Kier alpha value is -0.930. The summed E-state index contributed by atoms with van der Waals surface area (Å²) in [7, 11) is 0. The van der Waals surface area contributed by atoms with Crippen molar-refractivity contribution in [2.45, 2.75) is 52.4 Å². The maximum absolute atomic E-state index is 6.01. The summed E-state index contributed by atoms with van der Waals surface area (Å²) in [5.41, 5.74) is 1.28. The molecule has 5 atom stereocenters. The third-order valence-electron chi connectivity index (χ3n) is 4.36. The Balaban J connectivity index is 2.22. The number of pyridine rings is 1. The van der Waals surface area contributed by atoms with Gasteiger partial charge in [0.2, 0.25) is 0 Å². The minimum absolute atomic E-state index is 0.291. The number of ether oxygens (including phenoxy) is 1. The fourth-order valence-electron chi connectivity index (χ4n) is 3.20. The first-order valence-corrected chi connectivity index (χ1v) is 7.44. The van der Waals surface area contributed by atoms with Crippen LogP contribution < -0.4 is 5.32 Å². The van der Waals surface area contributed by atoms with Crippen molar-refractivity contribution in [3.8, 4) is 0 Å². The van der Waals surface area contributed by atoms with Crippen LogP contribution in [0.5, 0.6) is 0 Å². The van der Waals surface area contributed by atoms with Crippen LogP contribution >= 0.6 is 0 Å². The third kappa shape index (κ3) is 3.15. The molecule has 0 radical (unpaired) electrons. The molecule has 1 aliphatic rings. The van der Waals surface area contributed by atoms with Gasteiger partial charge in [0.25, 0.3) is 0 Å². The highest BCUT2D eigenvalue weighted by Crippen LogP contribution is 2.40. The van der Waals surface area contributed by atoms with E-state index in [2.05, 4.69) is 44.1 Å². The topological polar surface area (TPSA) is 34.2 Å². The van der Waals surface area contributed by atoms with Crippen molar-refractivity contribution in [2.75, 3.05) is 6.54 Å². The zero-order valence-corrected chi connectivity index (χ0v) is 12.5. The highest BCUT2D eigenvalue weighted by atomic mass is 16.5. The lowest BCUT2D eigenvalue weighted by Crippen LogP contribution is -2.35. The number of nitrogens with zero attached hydrogens (tertiary/aromatic N) is 1. The van der Waals surface area contributed by atoms with Gasteiger partial charge in [0.15, 0.2) is 0 Å². The quantitative estimate of drug-likeness (QED) is 0.885. The van der Waals surface area contributed by atoms with E-state index in [4.69, 9.17) is 4.74 Å². The molecule has 1 N–H and O–H groups in total. The van der Waals surface area contributed by atoms with Crippen LogP contribution in [-0.4, -0.2) is 23.7 Å². The minimum atomic E-state index is 0.291. The van der Waals surface area contributed by atoms with Crippen LogP contribution in [0.4, 0.5) is 0 Å². The van der Waals surface area contributed by atoms with Gasteiger partial charge in [-0.3, -0.25) is 4.98 Å². The molecule has 3 heteroatoms. The van der Waals surface area contributed by atoms with Crippen LogP contribution in [-0.2, 0) is 4.74 Å². The van der Waals surface area contributed by atoms with Crippen molar-refractivity contribution in [1.82, 2.24) is 10.3 Å². The van der Waals surface area contributed by atoms with Gasteiger partial charge in [0, 0.05) is 24.4 Å². The molecule has 0 aliphatic carbocycles. The smallest absolute Gasteiger partial charge is 0.0600 e. The van der Waals surface area contributed by atoms with E-state index in [-0.39, 0.29) is 0 Å². The predicted molar refractivity (Wildman–Crippen MR) is 77.9 cm³/mol. The third-order valence-corrected chi connectivity index (χ3v) is 4.36. The van der Waals surface area contributed by atoms with Crippen LogP contribution in [0, 0.1) is 11.8 Å². The summed E-state index contributed by atoms with van der Waals surface area (Å²) in [6.45, 7) is 9.91. The molecule has 5 unspecified atom stereocenters. The summed E-state index contributed by atoms with van der Waals surface area (Å²) in [5, 5.41) is 3.69. The Morgan fingerprint density at radius 1 is 1.32 bits per heavy atom. The first-order chi connectivity index (χ1) is 9.15. The lowest BCUT2D eigenvalue weighted by molar-refractivity contribution is 0.0475. The molecular weight excluding hydrogens is 236 g/mol. The van der Waals surface area contributed by atoms with Crippen molar-refractivity contribution in [3.05, 3.63) is 30.1 Å². The van der Waals surface area contributed by atoms with Gasteiger partial charge in [-0.05, 0) is 44.4 Å². The van der Waals surface area contributed by atoms with E-state index in [1.54, 1.807) is 0 Å². The number of hydrogen-bond acceptors (Lipinski definition) is 3. The van der Waals surface area contributed by atoms with Crippen LogP contribution in [0.3, 0.4) is 0 Å². The Kier molecular flexibility index (Phi) is 4.94. The van der Waals surface area contributed by atoms with Crippen LogP contribution in [0.25, 0.3) is 0 Å². The summed E-state index contributed by atoms with van der Waals surface area (Å²) in [5.74, 6) is 1.07. The van der Waals surface area contributed by atoms with Crippen molar-refractivity contribution in [3.63, 3.8) is 0 Å². The second-order valence-corrected chi connectivity index (χ2v) is 5.70. The summed E-state index contributed by atoms with van der Waals surface area (Å²) >= 11 is 0. The van der Waals surface area contributed by atoms with Crippen LogP contribution in [0.2, 0.25) is 0 Å². The number of nitrogens with one attached hydrogen (secondary N) is 1. The molecule has 2 heterocycles. The standard InChI is InChI=1S/C16H26N2O/c1-5-8-18-16(14-7-6-9-17-10-14)15-11(2)12(3)19-13(15)4/h6-7,9-13,15-16,18H,5,8H2,1-4H3. The zero-order valence-electron chi connectivity index (χ0n) is 12.5. The van der Waals surface area contributed by atoms with Crippen LogP contribution in [0.15, 0.2) is 24.5 Å². The van der Waals surface area contributed by atoms with Gasteiger partial charge in [-0.1, -0.05) is 19.9 Å². The first kappa shape index (κ1) is 14.5. The average Bonchev–Trinajstić information content (AvgIpc) is 2.67. The maximum Gasteiger partial charge on any atom is 0.0600 e. The number of aromatic nitrogens is 1. The molecule has 0 aromatic carbocycles. The largest absolute Gasteiger partial charge is 0.375 e. The fraction of sp³-hybridized carbons (Fsp3) is 0.688. The second kappa shape index (κ2) is 6.49. The van der Waals surface area contributed by atoms with Gasteiger partial charge in [-0.15, -0.1) is 0 Å². The highest BCUT2D eigenvalue weighted by Gasteiger charge is 2.41. The summed E-state index contributed by atoms with van der Waals surface area (Å²) in [6.07, 6.45) is 5.58. The maximum atomic E-state index is 6.01. The normalized spacial score (nSPS) is 32.4. The minimum Gasteiger partial charge on any atom is -0.375 e. The Morgan fingerprint density at radius 3 is 2.63 bits per heavy atom.